The van der Waals surface area contributed by atoms with Crippen LogP contribution in [0.2, 0.25) is 10.0 Å². The number of benzene rings is 2. The van der Waals surface area contributed by atoms with Gasteiger partial charge in [0.15, 0.2) is 17.2 Å². The van der Waals surface area contributed by atoms with Crippen molar-refractivity contribution in [3.63, 3.8) is 0 Å². The Labute approximate surface area is 230 Å². The van der Waals surface area contributed by atoms with Gasteiger partial charge >= 0.3 is 11.9 Å². The normalized spacial score (nSPS) is 15.1. The van der Waals surface area contributed by atoms with Gasteiger partial charge in [0.25, 0.3) is 5.56 Å². The number of halogens is 2. The van der Waals surface area contributed by atoms with Gasteiger partial charge in [0.2, 0.25) is 0 Å². The summed E-state index contributed by atoms with van der Waals surface area (Å²) >= 11 is 13.7. The van der Waals surface area contributed by atoms with E-state index < -0.39 is 24.6 Å². The molecule has 0 saturated carbocycles. The highest BCUT2D eigenvalue weighted by Gasteiger charge is 2.33. The van der Waals surface area contributed by atoms with Gasteiger partial charge in [-0.15, -0.1) is 0 Å². The van der Waals surface area contributed by atoms with Crippen LogP contribution < -0.4 is 24.4 Å². The molecule has 2 aromatic carbocycles. The number of hydrogen-bond acceptors (Lipinski definition) is 8. The lowest BCUT2D eigenvalue weighted by Gasteiger charge is -2.25. The van der Waals surface area contributed by atoms with E-state index in [9.17, 15) is 14.4 Å². The van der Waals surface area contributed by atoms with Crippen LogP contribution in [0.4, 0.5) is 0 Å². The molecule has 0 radical (unpaired) electrons. The molecule has 198 valence electrons. The van der Waals surface area contributed by atoms with E-state index in [1.165, 1.54) is 23.8 Å². The summed E-state index contributed by atoms with van der Waals surface area (Å²) in [6.07, 6.45) is 1.59. The van der Waals surface area contributed by atoms with Crippen LogP contribution >= 0.6 is 34.5 Å². The van der Waals surface area contributed by atoms with Crippen LogP contribution in [0.15, 0.2) is 57.5 Å². The summed E-state index contributed by atoms with van der Waals surface area (Å²) in [5, 5.41) is 9.03. The van der Waals surface area contributed by atoms with Crippen molar-refractivity contribution in [1.82, 2.24) is 4.57 Å². The number of nitrogens with zero attached hydrogens (tertiary/aromatic N) is 2. The van der Waals surface area contributed by atoms with Gasteiger partial charge in [-0.05, 0) is 55.3 Å². The molecule has 3 aromatic rings. The zero-order valence-electron chi connectivity index (χ0n) is 20.5. The van der Waals surface area contributed by atoms with Gasteiger partial charge in [-0.3, -0.25) is 9.36 Å². The number of carbonyl (C=O) groups is 2. The number of aliphatic carboxylic acids is 1. The fourth-order valence-corrected chi connectivity index (χ4v) is 5.66. The molecule has 1 N–H and O–H groups in total. The maximum absolute atomic E-state index is 13.7. The molecule has 1 aliphatic rings. The molecule has 2 heterocycles. The molecule has 4 rings (SSSR count). The summed E-state index contributed by atoms with van der Waals surface area (Å²) in [6.45, 7) is 2.96. The summed E-state index contributed by atoms with van der Waals surface area (Å²) < 4.78 is 17.6. The van der Waals surface area contributed by atoms with E-state index in [0.29, 0.717) is 31.9 Å². The Bertz CT molecular complexity index is 1620. The maximum atomic E-state index is 13.7. The van der Waals surface area contributed by atoms with Crippen molar-refractivity contribution in [2.24, 2.45) is 4.99 Å². The van der Waals surface area contributed by atoms with E-state index >= 15 is 0 Å². The highest BCUT2D eigenvalue weighted by molar-refractivity contribution is 7.07. The average Bonchev–Trinajstić information content (AvgIpc) is 3.16. The Morgan fingerprint density at radius 1 is 1.21 bits per heavy atom. The quantitative estimate of drug-likeness (QED) is 0.407. The number of thiazole rings is 1. The second-order valence-corrected chi connectivity index (χ2v) is 9.90. The number of rotatable bonds is 8. The van der Waals surface area contributed by atoms with Gasteiger partial charge in [0, 0.05) is 0 Å². The van der Waals surface area contributed by atoms with Crippen molar-refractivity contribution in [3.05, 3.63) is 88.5 Å². The van der Waals surface area contributed by atoms with Crippen LogP contribution in [-0.2, 0) is 14.3 Å². The van der Waals surface area contributed by atoms with Crippen molar-refractivity contribution in [2.75, 3.05) is 20.3 Å². The number of carboxylic acids is 1. The minimum atomic E-state index is -1.18. The monoisotopic (exact) mass is 576 g/mol. The number of ether oxygens (including phenoxy) is 3. The lowest BCUT2D eigenvalue weighted by molar-refractivity contribution is -0.140. The lowest BCUT2D eigenvalue weighted by atomic mass is 9.95. The van der Waals surface area contributed by atoms with Gasteiger partial charge in [-0.1, -0.05) is 46.7 Å². The van der Waals surface area contributed by atoms with Crippen LogP contribution in [-0.4, -0.2) is 41.9 Å². The number of carbonyl (C=O) groups excluding carboxylic acids is 1. The predicted molar refractivity (Wildman–Crippen MR) is 143 cm³/mol. The number of carboxylic acid groups (broad SMARTS) is 1. The summed E-state index contributed by atoms with van der Waals surface area (Å²) in [5.74, 6) is -1.14. The first-order valence-corrected chi connectivity index (χ1v) is 12.9. The molecular formula is C26H22Cl2N2O7S. The van der Waals surface area contributed by atoms with Gasteiger partial charge in [-0.25, -0.2) is 14.6 Å². The van der Waals surface area contributed by atoms with E-state index in [2.05, 4.69) is 4.99 Å². The van der Waals surface area contributed by atoms with E-state index in [1.807, 2.05) is 0 Å². The highest BCUT2D eigenvalue weighted by atomic mass is 35.5. The Balaban J connectivity index is 1.88. The fourth-order valence-electron chi connectivity index (χ4n) is 4.00. The molecule has 0 amide bonds. The van der Waals surface area contributed by atoms with Gasteiger partial charge in [0.1, 0.15) is 5.75 Å². The van der Waals surface area contributed by atoms with Crippen molar-refractivity contribution in [3.8, 4) is 11.5 Å². The number of esters is 1. The Morgan fingerprint density at radius 2 is 1.92 bits per heavy atom. The molecule has 0 aliphatic carbocycles. The summed E-state index contributed by atoms with van der Waals surface area (Å²) in [5.41, 5.74) is 1.46. The standard InChI is InChI=1S/C26H22Cl2N2O7S/c1-4-36-25(34)21-13(2)29-26-30(22(21)15-6-5-7-16(11-15)35-3)24(33)19(38-26)10-14-8-17(27)23(18(28)9-14)37-12-20(31)32/h5-11,22H,4,12H2,1-3H3,(H,31,32)/t22-/m1/s1. The third-order valence-electron chi connectivity index (χ3n) is 5.58. The number of hydrogen-bond donors (Lipinski definition) is 1. The Hall–Kier alpha value is -3.60. The molecule has 38 heavy (non-hydrogen) atoms. The molecule has 1 atom stereocenters. The zero-order chi connectivity index (χ0) is 27.6. The largest absolute Gasteiger partial charge is 0.497 e. The molecule has 0 bridgehead atoms. The van der Waals surface area contributed by atoms with Crippen molar-refractivity contribution >= 4 is 52.6 Å². The average molecular weight is 577 g/mol. The molecule has 9 nitrogen and oxygen atoms in total. The van der Waals surface area contributed by atoms with Crippen molar-refractivity contribution < 1.29 is 28.9 Å². The summed E-state index contributed by atoms with van der Waals surface area (Å²) in [7, 11) is 1.53. The molecule has 0 fully saturated rings. The minimum absolute atomic E-state index is 0.0297. The number of fused-ring (bicyclic) bond motifs is 1. The third kappa shape index (κ3) is 5.47. The first-order chi connectivity index (χ1) is 18.1. The highest BCUT2D eigenvalue weighted by Crippen LogP contribution is 2.35. The molecule has 0 spiro atoms. The van der Waals surface area contributed by atoms with Gasteiger partial charge in [0.05, 0.1) is 45.6 Å². The van der Waals surface area contributed by atoms with Crippen LogP contribution in [0.1, 0.15) is 31.0 Å². The number of allylic oxidation sites excluding steroid dienone is 1. The van der Waals surface area contributed by atoms with E-state index in [-0.39, 0.29) is 33.5 Å². The second kappa shape index (κ2) is 11.4. The molecule has 12 heteroatoms. The Kier molecular flexibility index (Phi) is 8.25. The topological polar surface area (TPSA) is 116 Å². The Morgan fingerprint density at radius 3 is 2.55 bits per heavy atom. The molecule has 0 saturated heterocycles. The lowest BCUT2D eigenvalue weighted by Crippen LogP contribution is -2.39. The summed E-state index contributed by atoms with van der Waals surface area (Å²) in [4.78, 5) is 42.5. The maximum Gasteiger partial charge on any atom is 0.341 e. The zero-order valence-corrected chi connectivity index (χ0v) is 22.8. The molecule has 1 aliphatic heterocycles. The third-order valence-corrected chi connectivity index (χ3v) is 7.13. The van der Waals surface area contributed by atoms with E-state index in [1.54, 1.807) is 44.2 Å². The van der Waals surface area contributed by atoms with Crippen molar-refractivity contribution in [1.29, 1.82) is 0 Å². The van der Waals surface area contributed by atoms with E-state index in [0.717, 1.165) is 11.3 Å². The van der Waals surface area contributed by atoms with Gasteiger partial charge < -0.3 is 19.3 Å². The fraction of sp³-hybridized carbons (Fsp3) is 0.231. The van der Waals surface area contributed by atoms with E-state index in [4.69, 9.17) is 42.5 Å². The first kappa shape index (κ1) is 27.4. The number of methoxy groups -OCH3 is 1. The smallest absolute Gasteiger partial charge is 0.341 e. The van der Waals surface area contributed by atoms with Crippen LogP contribution in [0.25, 0.3) is 6.08 Å². The van der Waals surface area contributed by atoms with Gasteiger partial charge in [-0.2, -0.15) is 0 Å². The molecule has 0 unspecified atom stereocenters. The second-order valence-electron chi connectivity index (χ2n) is 8.07. The van der Waals surface area contributed by atoms with Crippen LogP contribution in [0.5, 0.6) is 11.5 Å². The first-order valence-electron chi connectivity index (χ1n) is 11.3. The summed E-state index contributed by atoms with van der Waals surface area (Å²) in [6, 6.07) is 9.34. The minimum Gasteiger partial charge on any atom is -0.497 e. The van der Waals surface area contributed by atoms with Crippen LogP contribution in [0.3, 0.4) is 0 Å². The molecule has 1 aromatic heterocycles. The van der Waals surface area contributed by atoms with Crippen molar-refractivity contribution in [2.45, 2.75) is 19.9 Å². The SMILES string of the molecule is CCOC(=O)C1=C(C)N=c2sc(=Cc3cc(Cl)c(OCC(=O)O)c(Cl)c3)c(=O)n2[C@@H]1c1cccc(OC)c1. The predicted octanol–water partition coefficient (Wildman–Crippen LogP) is 3.58. The molecular weight excluding hydrogens is 555 g/mol. The van der Waals surface area contributed by atoms with Crippen LogP contribution in [0, 0.1) is 0 Å². The number of aromatic nitrogens is 1.